The molecule has 0 saturated carbocycles. The highest BCUT2D eigenvalue weighted by Crippen LogP contribution is 2.30. The molecule has 2 aromatic rings. The number of benzene rings is 1. The number of hydrogen-bond donors (Lipinski definition) is 2. The van der Waals surface area contributed by atoms with Gasteiger partial charge in [-0.3, -0.25) is 9.59 Å². The molecule has 0 aliphatic rings. The number of aromatic nitrogens is 1. The molecule has 0 saturated heterocycles. The summed E-state index contributed by atoms with van der Waals surface area (Å²) in [6, 6.07) is 7.48. The van der Waals surface area contributed by atoms with Crippen molar-refractivity contribution in [1.29, 1.82) is 0 Å². The van der Waals surface area contributed by atoms with E-state index in [1.807, 2.05) is 0 Å². The second kappa shape index (κ2) is 9.81. The molecule has 1 heterocycles. The molecule has 0 radical (unpaired) electrons. The van der Waals surface area contributed by atoms with Crippen LogP contribution in [0.1, 0.15) is 41.5 Å². The summed E-state index contributed by atoms with van der Waals surface area (Å²) < 4.78 is 34.9. The number of pyridine rings is 1. The molecule has 9 heteroatoms. The predicted molar refractivity (Wildman–Crippen MR) is 104 cm³/mol. The van der Waals surface area contributed by atoms with Crippen molar-refractivity contribution in [2.45, 2.75) is 33.2 Å². The van der Waals surface area contributed by atoms with Crippen LogP contribution in [0.25, 0.3) is 0 Å². The number of nitrogens with one attached hydrogen (secondary N) is 2. The summed E-state index contributed by atoms with van der Waals surface area (Å²) in [6.07, 6.45) is -2.59. The molecule has 29 heavy (non-hydrogen) atoms. The van der Waals surface area contributed by atoms with Crippen LogP contribution < -0.4 is 20.1 Å². The van der Waals surface area contributed by atoms with Gasteiger partial charge in [0, 0.05) is 18.2 Å². The molecule has 1 aromatic carbocycles. The molecule has 1 aromatic heterocycles. The van der Waals surface area contributed by atoms with Gasteiger partial charge in [0.2, 0.25) is 5.91 Å². The highest BCUT2D eigenvalue weighted by Gasteiger charge is 2.16. The average Bonchev–Trinajstić information content (AvgIpc) is 2.64. The number of anilines is 1. The van der Waals surface area contributed by atoms with Gasteiger partial charge in [-0.2, -0.15) is 0 Å². The third-order valence-corrected chi connectivity index (χ3v) is 3.92. The van der Waals surface area contributed by atoms with E-state index in [-0.39, 0.29) is 29.1 Å². The van der Waals surface area contributed by atoms with Crippen molar-refractivity contribution in [3.05, 3.63) is 47.2 Å². The Morgan fingerprint density at radius 3 is 2.52 bits per heavy atom. The lowest BCUT2D eigenvalue weighted by Crippen LogP contribution is -2.27. The zero-order chi connectivity index (χ0) is 21.6. The van der Waals surface area contributed by atoms with E-state index in [0.717, 1.165) is 0 Å². The van der Waals surface area contributed by atoms with Gasteiger partial charge in [0.05, 0.1) is 13.2 Å². The van der Waals surface area contributed by atoms with Crippen LogP contribution in [0.3, 0.4) is 0 Å². The number of ether oxygens (including phenoxy) is 2. The summed E-state index contributed by atoms with van der Waals surface area (Å²) in [5, 5.41) is 5.40. The highest BCUT2D eigenvalue weighted by atomic mass is 19.3. The number of methoxy groups -OCH3 is 1. The predicted octanol–water partition coefficient (Wildman–Crippen LogP) is 3.49. The Labute approximate surface area is 167 Å². The summed E-state index contributed by atoms with van der Waals surface area (Å²) in [5.41, 5.74) is 1.63. The maximum atomic E-state index is 12.6. The number of halogens is 2. The Bertz CT molecular complexity index is 890. The molecular formula is C20H23F2N3O4. The Morgan fingerprint density at radius 1 is 1.17 bits per heavy atom. The molecule has 2 amide bonds. The van der Waals surface area contributed by atoms with Crippen LogP contribution in [0, 0.1) is 6.92 Å². The lowest BCUT2D eigenvalue weighted by Gasteiger charge is -2.17. The molecule has 0 bridgehead atoms. The number of alkyl halides is 2. The Hall–Kier alpha value is -3.23. The van der Waals surface area contributed by atoms with Crippen molar-refractivity contribution in [3.63, 3.8) is 0 Å². The molecule has 156 valence electrons. The maximum Gasteiger partial charge on any atom is 0.272 e. The molecule has 0 spiro atoms. The first kappa shape index (κ1) is 22.1. The van der Waals surface area contributed by atoms with Crippen molar-refractivity contribution in [1.82, 2.24) is 10.3 Å². The summed E-state index contributed by atoms with van der Waals surface area (Å²) in [5.74, 6) is 0.130. The number of carbonyl (C=O) groups excluding carboxylic acids is 2. The summed E-state index contributed by atoms with van der Waals surface area (Å²) in [6.45, 7) is 4.11. The number of nitrogens with zero attached hydrogens (tertiary/aromatic N) is 1. The van der Waals surface area contributed by atoms with E-state index in [1.54, 1.807) is 32.0 Å². The Kier molecular flexibility index (Phi) is 7.46. The van der Waals surface area contributed by atoms with Crippen LogP contribution in [-0.4, -0.2) is 36.9 Å². The minimum absolute atomic E-state index is 0.194. The van der Waals surface area contributed by atoms with Gasteiger partial charge >= 0.3 is 0 Å². The average molecular weight is 407 g/mol. The van der Waals surface area contributed by atoms with Crippen molar-refractivity contribution in [3.8, 4) is 11.5 Å². The van der Waals surface area contributed by atoms with Crippen LogP contribution >= 0.6 is 0 Å². The van der Waals surface area contributed by atoms with Gasteiger partial charge < -0.3 is 20.1 Å². The smallest absolute Gasteiger partial charge is 0.272 e. The molecule has 0 aliphatic heterocycles. The minimum Gasteiger partial charge on any atom is -0.493 e. The standard InChI is InChI=1S/C20H23F2N3O4/c1-11-7-15(9-19(23-11)25-13(3)26)20(27)24-12(2)14-5-6-16(17(8-14)28-4)29-10-18(21)22/h5-9,12,18H,10H2,1-4H3,(H,24,27)(H,23,25,26). The summed E-state index contributed by atoms with van der Waals surface area (Å²) >= 11 is 0. The number of hydrogen-bond acceptors (Lipinski definition) is 5. The Balaban J connectivity index is 2.15. The van der Waals surface area contributed by atoms with Gasteiger partial charge in [0.25, 0.3) is 12.3 Å². The molecule has 7 nitrogen and oxygen atoms in total. The number of rotatable bonds is 8. The molecule has 2 rings (SSSR count). The lowest BCUT2D eigenvalue weighted by atomic mass is 10.1. The zero-order valence-corrected chi connectivity index (χ0v) is 16.6. The minimum atomic E-state index is -2.59. The van der Waals surface area contributed by atoms with E-state index in [1.165, 1.54) is 26.2 Å². The lowest BCUT2D eigenvalue weighted by molar-refractivity contribution is -0.114. The molecule has 0 fully saturated rings. The SMILES string of the molecule is COc1cc(C(C)NC(=O)c2cc(C)nc(NC(C)=O)c2)ccc1OCC(F)F. The summed E-state index contributed by atoms with van der Waals surface area (Å²) in [4.78, 5) is 28.0. The number of amides is 2. The van der Waals surface area contributed by atoms with E-state index in [4.69, 9.17) is 9.47 Å². The van der Waals surface area contributed by atoms with Crippen LogP contribution in [0.2, 0.25) is 0 Å². The normalized spacial score (nSPS) is 11.7. The van der Waals surface area contributed by atoms with Gasteiger partial charge in [-0.05, 0) is 43.7 Å². The van der Waals surface area contributed by atoms with Crippen molar-refractivity contribution in [2.24, 2.45) is 0 Å². The molecular weight excluding hydrogens is 384 g/mol. The number of carbonyl (C=O) groups is 2. The van der Waals surface area contributed by atoms with E-state index in [2.05, 4.69) is 15.6 Å². The van der Waals surface area contributed by atoms with E-state index in [0.29, 0.717) is 16.8 Å². The largest absolute Gasteiger partial charge is 0.493 e. The maximum absolute atomic E-state index is 12.6. The Morgan fingerprint density at radius 2 is 1.90 bits per heavy atom. The van der Waals surface area contributed by atoms with Gasteiger partial charge in [-0.25, -0.2) is 13.8 Å². The monoisotopic (exact) mass is 407 g/mol. The topological polar surface area (TPSA) is 89.5 Å². The summed E-state index contributed by atoms with van der Waals surface area (Å²) in [7, 11) is 1.40. The first-order valence-corrected chi connectivity index (χ1v) is 8.85. The van der Waals surface area contributed by atoms with Crippen molar-refractivity contribution >= 4 is 17.6 Å². The fourth-order valence-corrected chi connectivity index (χ4v) is 2.63. The fraction of sp³-hybridized carbons (Fsp3) is 0.350. The van der Waals surface area contributed by atoms with Gasteiger partial charge in [0.1, 0.15) is 12.4 Å². The molecule has 1 unspecified atom stereocenters. The third-order valence-electron chi connectivity index (χ3n) is 3.92. The molecule has 1 atom stereocenters. The third kappa shape index (κ3) is 6.41. The van der Waals surface area contributed by atoms with Crippen molar-refractivity contribution in [2.75, 3.05) is 19.0 Å². The molecule has 2 N–H and O–H groups in total. The first-order chi connectivity index (χ1) is 13.7. The quantitative estimate of drug-likeness (QED) is 0.699. The number of aryl methyl sites for hydroxylation is 1. The van der Waals surface area contributed by atoms with Crippen molar-refractivity contribution < 1.29 is 27.8 Å². The van der Waals surface area contributed by atoms with Gasteiger partial charge in [-0.15, -0.1) is 0 Å². The molecule has 0 aliphatic carbocycles. The van der Waals surface area contributed by atoms with Gasteiger partial charge in [-0.1, -0.05) is 6.07 Å². The second-order valence-corrected chi connectivity index (χ2v) is 6.37. The van der Waals surface area contributed by atoms with Crippen LogP contribution in [0.5, 0.6) is 11.5 Å². The second-order valence-electron chi connectivity index (χ2n) is 6.37. The van der Waals surface area contributed by atoms with Crippen LogP contribution in [-0.2, 0) is 4.79 Å². The van der Waals surface area contributed by atoms with Crippen LogP contribution in [0.15, 0.2) is 30.3 Å². The van der Waals surface area contributed by atoms with E-state index >= 15 is 0 Å². The van der Waals surface area contributed by atoms with E-state index in [9.17, 15) is 18.4 Å². The fourth-order valence-electron chi connectivity index (χ4n) is 2.63. The highest BCUT2D eigenvalue weighted by molar-refractivity contribution is 5.96. The first-order valence-electron chi connectivity index (χ1n) is 8.85. The zero-order valence-electron chi connectivity index (χ0n) is 16.6. The van der Waals surface area contributed by atoms with Crippen LogP contribution in [0.4, 0.5) is 14.6 Å². The van der Waals surface area contributed by atoms with E-state index < -0.39 is 19.1 Å². The van der Waals surface area contributed by atoms with Gasteiger partial charge in [0.15, 0.2) is 11.5 Å².